The molecule has 1 saturated carbocycles. The smallest absolute Gasteiger partial charge is 0.335 e. The predicted octanol–water partition coefficient (Wildman–Crippen LogP) is 2.69. The van der Waals surface area contributed by atoms with Crippen LogP contribution in [0, 0.1) is 11.8 Å². The van der Waals surface area contributed by atoms with E-state index >= 15 is 0 Å². The van der Waals surface area contributed by atoms with Crippen molar-refractivity contribution in [1.29, 1.82) is 0 Å². The fourth-order valence-electron chi connectivity index (χ4n) is 2.22. The standard InChI is InChI=1S/C12H22O3/c1-9(2)8-15-12(11(13)14)6-4-5-10(3)7-12/h9-10H,4-8H2,1-3H3,(H,13,14). The summed E-state index contributed by atoms with van der Waals surface area (Å²) in [6.45, 7) is 6.73. The zero-order valence-corrected chi connectivity index (χ0v) is 9.95. The van der Waals surface area contributed by atoms with Crippen LogP contribution in [0.3, 0.4) is 0 Å². The van der Waals surface area contributed by atoms with Gasteiger partial charge in [-0.05, 0) is 31.1 Å². The van der Waals surface area contributed by atoms with Gasteiger partial charge in [0.1, 0.15) is 0 Å². The van der Waals surface area contributed by atoms with Crippen molar-refractivity contribution in [1.82, 2.24) is 0 Å². The average molecular weight is 214 g/mol. The van der Waals surface area contributed by atoms with E-state index in [-0.39, 0.29) is 0 Å². The zero-order chi connectivity index (χ0) is 11.5. The molecule has 0 aromatic rings. The maximum absolute atomic E-state index is 11.3. The second kappa shape index (κ2) is 4.97. The molecule has 2 atom stereocenters. The quantitative estimate of drug-likeness (QED) is 0.782. The lowest BCUT2D eigenvalue weighted by Gasteiger charge is -2.36. The van der Waals surface area contributed by atoms with Crippen molar-refractivity contribution in [2.75, 3.05) is 6.61 Å². The molecule has 1 fully saturated rings. The first kappa shape index (κ1) is 12.5. The zero-order valence-electron chi connectivity index (χ0n) is 9.95. The van der Waals surface area contributed by atoms with E-state index in [0.29, 0.717) is 31.3 Å². The van der Waals surface area contributed by atoms with Gasteiger partial charge in [-0.2, -0.15) is 0 Å². The minimum atomic E-state index is -0.901. The molecule has 0 aromatic heterocycles. The molecule has 3 heteroatoms. The number of rotatable bonds is 4. The number of ether oxygens (including phenoxy) is 1. The summed E-state index contributed by atoms with van der Waals surface area (Å²) in [6, 6.07) is 0. The lowest BCUT2D eigenvalue weighted by Crippen LogP contribution is -2.46. The van der Waals surface area contributed by atoms with Crippen molar-refractivity contribution < 1.29 is 14.6 Å². The summed E-state index contributed by atoms with van der Waals surface area (Å²) in [5.74, 6) is 0.0650. The van der Waals surface area contributed by atoms with Crippen molar-refractivity contribution in [3.63, 3.8) is 0 Å². The lowest BCUT2D eigenvalue weighted by molar-refractivity contribution is -0.174. The fourth-order valence-corrected chi connectivity index (χ4v) is 2.22. The average Bonchev–Trinajstić information content (AvgIpc) is 2.14. The second-order valence-corrected chi connectivity index (χ2v) is 5.21. The van der Waals surface area contributed by atoms with Crippen LogP contribution in [0.15, 0.2) is 0 Å². The van der Waals surface area contributed by atoms with Gasteiger partial charge in [0.15, 0.2) is 5.60 Å². The minimum absolute atomic E-state index is 0.387. The highest BCUT2D eigenvalue weighted by molar-refractivity contribution is 5.77. The predicted molar refractivity (Wildman–Crippen MR) is 58.8 cm³/mol. The molecular formula is C12H22O3. The van der Waals surface area contributed by atoms with Crippen LogP contribution in [0.2, 0.25) is 0 Å². The van der Waals surface area contributed by atoms with E-state index in [9.17, 15) is 9.90 Å². The maximum Gasteiger partial charge on any atom is 0.335 e. The van der Waals surface area contributed by atoms with E-state index < -0.39 is 11.6 Å². The molecule has 0 spiro atoms. The van der Waals surface area contributed by atoms with Crippen LogP contribution in [0.1, 0.15) is 46.5 Å². The third-order valence-electron chi connectivity index (χ3n) is 3.04. The molecule has 0 aliphatic heterocycles. The van der Waals surface area contributed by atoms with Gasteiger partial charge in [0.05, 0.1) is 6.61 Å². The SMILES string of the molecule is CC(C)COC1(C(=O)O)CCCC(C)C1. The summed E-state index contributed by atoms with van der Waals surface area (Å²) < 4.78 is 5.66. The molecule has 3 nitrogen and oxygen atoms in total. The highest BCUT2D eigenvalue weighted by Gasteiger charge is 2.43. The molecule has 88 valence electrons. The Morgan fingerprint density at radius 3 is 2.73 bits per heavy atom. The van der Waals surface area contributed by atoms with E-state index in [1.54, 1.807) is 0 Å². The Morgan fingerprint density at radius 2 is 2.27 bits per heavy atom. The summed E-state index contributed by atoms with van der Waals surface area (Å²) in [4.78, 5) is 11.3. The molecule has 0 aromatic carbocycles. The molecular weight excluding hydrogens is 192 g/mol. The van der Waals surface area contributed by atoms with E-state index in [1.807, 2.05) is 13.8 Å². The molecule has 1 N–H and O–H groups in total. The highest BCUT2D eigenvalue weighted by atomic mass is 16.5. The van der Waals surface area contributed by atoms with Gasteiger partial charge in [-0.15, -0.1) is 0 Å². The molecule has 1 rings (SSSR count). The number of aliphatic carboxylic acids is 1. The summed E-state index contributed by atoms with van der Waals surface area (Å²) in [7, 11) is 0. The number of carboxylic acids is 1. The van der Waals surface area contributed by atoms with Gasteiger partial charge in [0, 0.05) is 0 Å². The fraction of sp³-hybridized carbons (Fsp3) is 0.917. The second-order valence-electron chi connectivity index (χ2n) is 5.21. The van der Waals surface area contributed by atoms with E-state index in [0.717, 1.165) is 12.8 Å². The topological polar surface area (TPSA) is 46.5 Å². The summed E-state index contributed by atoms with van der Waals surface area (Å²) in [5.41, 5.74) is -0.901. The number of carbonyl (C=O) groups is 1. The Kier molecular flexibility index (Phi) is 4.14. The molecule has 0 amide bonds. The highest BCUT2D eigenvalue weighted by Crippen LogP contribution is 2.35. The maximum atomic E-state index is 11.3. The van der Waals surface area contributed by atoms with Crippen LogP contribution < -0.4 is 0 Å². The normalized spacial score (nSPS) is 31.9. The summed E-state index contributed by atoms with van der Waals surface area (Å²) in [6.07, 6.45) is 3.42. The van der Waals surface area contributed by atoms with Gasteiger partial charge in [-0.25, -0.2) is 4.79 Å². The molecule has 0 radical (unpaired) electrons. The Balaban J connectivity index is 2.65. The minimum Gasteiger partial charge on any atom is -0.479 e. The third kappa shape index (κ3) is 3.20. The van der Waals surface area contributed by atoms with Crippen molar-refractivity contribution in [3.8, 4) is 0 Å². The number of hydrogen-bond donors (Lipinski definition) is 1. The van der Waals surface area contributed by atoms with E-state index in [2.05, 4.69) is 6.92 Å². The van der Waals surface area contributed by atoms with E-state index in [4.69, 9.17) is 4.74 Å². The van der Waals surface area contributed by atoms with Crippen molar-refractivity contribution in [2.45, 2.75) is 52.1 Å². The van der Waals surface area contributed by atoms with Crippen LogP contribution >= 0.6 is 0 Å². The molecule has 1 aliphatic carbocycles. The van der Waals surface area contributed by atoms with Crippen molar-refractivity contribution >= 4 is 5.97 Å². The van der Waals surface area contributed by atoms with Crippen molar-refractivity contribution in [3.05, 3.63) is 0 Å². The molecule has 0 bridgehead atoms. The first-order chi connectivity index (χ1) is 6.96. The van der Waals surface area contributed by atoms with Crippen LogP contribution in [0.4, 0.5) is 0 Å². The molecule has 15 heavy (non-hydrogen) atoms. The van der Waals surface area contributed by atoms with E-state index in [1.165, 1.54) is 0 Å². The Morgan fingerprint density at radius 1 is 1.60 bits per heavy atom. The number of carboxylic acid groups (broad SMARTS) is 1. The molecule has 0 heterocycles. The van der Waals surface area contributed by atoms with Gasteiger partial charge < -0.3 is 9.84 Å². The van der Waals surface area contributed by atoms with Crippen LogP contribution in [-0.4, -0.2) is 23.3 Å². The van der Waals surface area contributed by atoms with Crippen LogP contribution in [0.25, 0.3) is 0 Å². The van der Waals surface area contributed by atoms with Crippen LogP contribution in [-0.2, 0) is 9.53 Å². The van der Waals surface area contributed by atoms with Gasteiger partial charge >= 0.3 is 5.97 Å². The molecule has 1 aliphatic rings. The Bertz CT molecular complexity index is 225. The van der Waals surface area contributed by atoms with Gasteiger partial charge in [-0.1, -0.05) is 27.2 Å². The summed E-state index contributed by atoms with van der Waals surface area (Å²) in [5, 5.41) is 9.29. The number of hydrogen-bond acceptors (Lipinski definition) is 2. The summed E-state index contributed by atoms with van der Waals surface area (Å²) >= 11 is 0. The monoisotopic (exact) mass is 214 g/mol. The van der Waals surface area contributed by atoms with Gasteiger partial charge in [-0.3, -0.25) is 0 Å². The Labute approximate surface area is 91.8 Å². The lowest BCUT2D eigenvalue weighted by atomic mass is 9.78. The first-order valence-corrected chi connectivity index (χ1v) is 5.83. The van der Waals surface area contributed by atoms with Gasteiger partial charge in [0.2, 0.25) is 0 Å². The van der Waals surface area contributed by atoms with Gasteiger partial charge in [0.25, 0.3) is 0 Å². The molecule has 2 unspecified atom stereocenters. The van der Waals surface area contributed by atoms with Crippen molar-refractivity contribution in [2.24, 2.45) is 11.8 Å². The van der Waals surface area contributed by atoms with Crippen LogP contribution in [0.5, 0.6) is 0 Å². The Hall–Kier alpha value is -0.570. The largest absolute Gasteiger partial charge is 0.479 e. The third-order valence-corrected chi connectivity index (χ3v) is 3.04. The molecule has 0 saturated heterocycles. The first-order valence-electron chi connectivity index (χ1n) is 5.83.